The van der Waals surface area contributed by atoms with Crippen LogP contribution in [-0.4, -0.2) is 31.9 Å². The van der Waals surface area contributed by atoms with E-state index in [1.807, 2.05) is 19.1 Å². The molecular weight excluding hydrogens is 298 g/mol. The molecular formula is C17H27NO3S. The number of nitrogens with one attached hydrogen (secondary N) is 1. The summed E-state index contributed by atoms with van der Waals surface area (Å²) in [5.74, 6) is 0.709. The molecule has 0 aliphatic heterocycles. The van der Waals surface area contributed by atoms with Crippen molar-refractivity contribution in [2.45, 2.75) is 56.1 Å². The van der Waals surface area contributed by atoms with Gasteiger partial charge in [0, 0.05) is 18.8 Å². The fraction of sp³-hybridized carbons (Fsp3) is 0.647. The molecule has 1 saturated carbocycles. The molecule has 2 rings (SSSR count). The average Bonchev–Trinajstić information content (AvgIpc) is 2.48. The van der Waals surface area contributed by atoms with Gasteiger partial charge >= 0.3 is 0 Å². The first-order valence-corrected chi connectivity index (χ1v) is 9.84. The Kier molecular flexibility index (Phi) is 5.30. The van der Waals surface area contributed by atoms with Gasteiger partial charge in [0.15, 0.2) is 9.84 Å². The number of benzene rings is 1. The van der Waals surface area contributed by atoms with Crippen molar-refractivity contribution in [3.05, 3.63) is 29.8 Å². The highest BCUT2D eigenvalue weighted by atomic mass is 32.2. The zero-order valence-electron chi connectivity index (χ0n) is 13.7. The minimum absolute atomic E-state index is 0.0805. The molecule has 1 aliphatic rings. The largest absolute Gasteiger partial charge is 0.389 e. The molecule has 4 nitrogen and oxygen atoms in total. The van der Waals surface area contributed by atoms with Crippen molar-refractivity contribution in [2.24, 2.45) is 5.92 Å². The van der Waals surface area contributed by atoms with Gasteiger partial charge in [0.1, 0.15) is 0 Å². The summed E-state index contributed by atoms with van der Waals surface area (Å²) in [6.07, 6.45) is 5.07. The SMILES string of the molecule is CC1CCC(O)(CNC(C)c2ccc(S(C)(=O)=O)cc2)CC1. The van der Waals surface area contributed by atoms with Crippen molar-refractivity contribution in [2.75, 3.05) is 12.8 Å². The van der Waals surface area contributed by atoms with E-state index in [2.05, 4.69) is 12.2 Å². The first-order chi connectivity index (χ1) is 10.2. The van der Waals surface area contributed by atoms with Crippen LogP contribution in [0.15, 0.2) is 29.2 Å². The van der Waals surface area contributed by atoms with Crippen LogP contribution >= 0.6 is 0 Å². The van der Waals surface area contributed by atoms with E-state index in [0.717, 1.165) is 31.2 Å². The van der Waals surface area contributed by atoms with E-state index in [1.165, 1.54) is 6.26 Å². The van der Waals surface area contributed by atoms with Crippen molar-refractivity contribution in [3.63, 3.8) is 0 Å². The molecule has 5 heteroatoms. The monoisotopic (exact) mass is 325 g/mol. The molecule has 1 aromatic rings. The fourth-order valence-electron chi connectivity index (χ4n) is 2.94. The molecule has 0 heterocycles. The molecule has 1 unspecified atom stereocenters. The highest BCUT2D eigenvalue weighted by Gasteiger charge is 2.31. The predicted octanol–water partition coefficient (Wildman–Crippen LogP) is 2.68. The van der Waals surface area contributed by atoms with E-state index < -0.39 is 15.4 Å². The number of hydrogen-bond acceptors (Lipinski definition) is 4. The summed E-state index contributed by atoms with van der Waals surface area (Å²) in [6, 6.07) is 7.03. The molecule has 0 radical (unpaired) electrons. The van der Waals surface area contributed by atoms with E-state index >= 15 is 0 Å². The zero-order chi connectivity index (χ0) is 16.4. The molecule has 124 valence electrons. The fourth-order valence-corrected chi connectivity index (χ4v) is 3.57. The van der Waals surface area contributed by atoms with Gasteiger partial charge in [-0.15, -0.1) is 0 Å². The quantitative estimate of drug-likeness (QED) is 0.873. The van der Waals surface area contributed by atoms with Crippen molar-refractivity contribution >= 4 is 9.84 Å². The second kappa shape index (κ2) is 6.69. The van der Waals surface area contributed by atoms with E-state index in [1.54, 1.807) is 12.1 Å². The Morgan fingerprint density at radius 1 is 1.27 bits per heavy atom. The van der Waals surface area contributed by atoms with Gasteiger partial charge in [0.2, 0.25) is 0 Å². The van der Waals surface area contributed by atoms with Crippen LogP contribution in [0, 0.1) is 5.92 Å². The van der Waals surface area contributed by atoms with Crippen LogP contribution < -0.4 is 5.32 Å². The number of aliphatic hydroxyl groups is 1. The van der Waals surface area contributed by atoms with Gasteiger partial charge in [-0.1, -0.05) is 19.1 Å². The molecule has 0 aromatic heterocycles. The highest BCUT2D eigenvalue weighted by molar-refractivity contribution is 7.90. The van der Waals surface area contributed by atoms with Gasteiger partial charge in [0.05, 0.1) is 10.5 Å². The Hall–Kier alpha value is -0.910. The summed E-state index contributed by atoms with van der Waals surface area (Å²) in [4.78, 5) is 0.336. The maximum atomic E-state index is 11.5. The van der Waals surface area contributed by atoms with E-state index in [9.17, 15) is 13.5 Å². The summed E-state index contributed by atoms with van der Waals surface area (Å²) < 4.78 is 22.9. The van der Waals surface area contributed by atoms with Gasteiger partial charge in [-0.2, -0.15) is 0 Å². The summed E-state index contributed by atoms with van der Waals surface area (Å²) in [5.41, 5.74) is 0.424. The summed E-state index contributed by atoms with van der Waals surface area (Å²) >= 11 is 0. The normalized spacial score (nSPS) is 27.5. The molecule has 0 spiro atoms. The Balaban J connectivity index is 1.93. The minimum atomic E-state index is -3.15. The standard InChI is InChI=1S/C17H27NO3S/c1-13-8-10-17(19,11-9-13)12-18-14(2)15-4-6-16(7-5-15)22(3,20)21/h4-7,13-14,18-19H,8-12H2,1-3H3. The van der Waals surface area contributed by atoms with Crippen molar-refractivity contribution in [1.29, 1.82) is 0 Å². The van der Waals surface area contributed by atoms with Crippen molar-refractivity contribution in [3.8, 4) is 0 Å². The van der Waals surface area contributed by atoms with Crippen LogP contribution in [0.4, 0.5) is 0 Å². The molecule has 1 aliphatic carbocycles. The third kappa shape index (κ3) is 4.54. The summed E-state index contributed by atoms with van der Waals surface area (Å²) in [7, 11) is -3.15. The van der Waals surface area contributed by atoms with Gasteiger partial charge < -0.3 is 10.4 Å². The molecule has 1 fully saturated rings. The second-order valence-electron chi connectivity index (χ2n) is 6.85. The van der Waals surface area contributed by atoms with Crippen LogP contribution in [0.1, 0.15) is 51.1 Å². The lowest BCUT2D eigenvalue weighted by Crippen LogP contribution is -2.44. The molecule has 1 aromatic carbocycles. The van der Waals surface area contributed by atoms with Crippen LogP contribution in [0.25, 0.3) is 0 Å². The second-order valence-corrected chi connectivity index (χ2v) is 8.87. The first kappa shape index (κ1) is 17.4. The highest BCUT2D eigenvalue weighted by Crippen LogP contribution is 2.31. The Labute approximate surface area is 133 Å². The lowest BCUT2D eigenvalue weighted by Gasteiger charge is -2.36. The molecule has 0 bridgehead atoms. The smallest absolute Gasteiger partial charge is 0.175 e. The van der Waals surface area contributed by atoms with Gasteiger partial charge in [-0.3, -0.25) is 0 Å². The van der Waals surface area contributed by atoms with Gasteiger partial charge in [-0.25, -0.2) is 8.42 Å². The molecule has 2 N–H and O–H groups in total. The minimum Gasteiger partial charge on any atom is -0.389 e. The Morgan fingerprint density at radius 3 is 2.32 bits per heavy atom. The van der Waals surface area contributed by atoms with Crippen LogP contribution in [-0.2, 0) is 9.84 Å². The molecule has 22 heavy (non-hydrogen) atoms. The third-order valence-corrected chi connectivity index (χ3v) is 5.88. The lowest BCUT2D eigenvalue weighted by atomic mass is 9.79. The zero-order valence-corrected chi connectivity index (χ0v) is 14.5. The Bertz CT molecular complexity index is 587. The molecule has 0 amide bonds. The summed E-state index contributed by atoms with van der Waals surface area (Å²) in [6.45, 7) is 4.85. The molecule has 0 saturated heterocycles. The number of rotatable bonds is 5. The maximum absolute atomic E-state index is 11.5. The average molecular weight is 325 g/mol. The van der Waals surface area contributed by atoms with Crippen LogP contribution in [0.2, 0.25) is 0 Å². The lowest BCUT2D eigenvalue weighted by molar-refractivity contribution is -0.00783. The van der Waals surface area contributed by atoms with E-state index in [4.69, 9.17) is 0 Å². The van der Waals surface area contributed by atoms with Gasteiger partial charge in [0.25, 0.3) is 0 Å². The van der Waals surface area contributed by atoms with Crippen LogP contribution in [0.5, 0.6) is 0 Å². The summed E-state index contributed by atoms with van der Waals surface area (Å²) in [5, 5.41) is 14.0. The number of hydrogen-bond donors (Lipinski definition) is 2. The number of sulfone groups is 1. The van der Waals surface area contributed by atoms with Gasteiger partial charge in [-0.05, 0) is 56.2 Å². The predicted molar refractivity (Wildman–Crippen MR) is 88.6 cm³/mol. The van der Waals surface area contributed by atoms with E-state index in [0.29, 0.717) is 17.4 Å². The Morgan fingerprint density at radius 2 is 1.82 bits per heavy atom. The van der Waals surface area contributed by atoms with Crippen molar-refractivity contribution < 1.29 is 13.5 Å². The third-order valence-electron chi connectivity index (χ3n) is 4.75. The maximum Gasteiger partial charge on any atom is 0.175 e. The van der Waals surface area contributed by atoms with Crippen LogP contribution in [0.3, 0.4) is 0 Å². The topological polar surface area (TPSA) is 66.4 Å². The first-order valence-electron chi connectivity index (χ1n) is 7.95. The van der Waals surface area contributed by atoms with Crippen molar-refractivity contribution in [1.82, 2.24) is 5.32 Å². The van der Waals surface area contributed by atoms with E-state index in [-0.39, 0.29) is 6.04 Å². The molecule has 1 atom stereocenters.